The Morgan fingerprint density at radius 3 is 2.74 bits per heavy atom. The van der Waals surface area contributed by atoms with Gasteiger partial charge in [0.2, 0.25) is 0 Å². The fraction of sp³-hybridized carbons (Fsp3) is 0.357. The highest BCUT2D eigenvalue weighted by molar-refractivity contribution is 6.30. The highest BCUT2D eigenvalue weighted by atomic mass is 35.5. The van der Waals surface area contributed by atoms with Crippen LogP contribution in [0, 0.1) is 0 Å². The summed E-state index contributed by atoms with van der Waals surface area (Å²) in [4.78, 5) is 22.4. The van der Waals surface area contributed by atoms with Crippen molar-refractivity contribution in [2.45, 2.75) is 51.9 Å². The second kappa shape index (κ2) is 10.4. The van der Waals surface area contributed by atoms with Gasteiger partial charge in [0.25, 0.3) is 5.56 Å². The first-order valence-electron chi connectivity index (χ1n) is 12.1. The van der Waals surface area contributed by atoms with Crippen LogP contribution in [0.15, 0.2) is 53.6 Å². The van der Waals surface area contributed by atoms with Gasteiger partial charge in [-0.05, 0) is 67.2 Å². The largest absolute Gasteiger partial charge is 0.486 e. The molecule has 1 aliphatic carbocycles. The van der Waals surface area contributed by atoms with Crippen molar-refractivity contribution in [3.63, 3.8) is 0 Å². The number of pyridine rings is 2. The third kappa shape index (κ3) is 5.35. The Morgan fingerprint density at radius 1 is 1.14 bits per heavy atom. The minimum absolute atomic E-state index is 0.145. The van der Waals surface area contributed by atoms with Crippen LogP contribution in [0.25, 0.3) is 11.6 Å². The van der Waals surface area contributed by atoms with E-state index in [0.29, 0.717) is 28.4 Å². The van der Waals surface area contributed by atoms with Crippen molar-refractivity contribution in [3.8, 4) is 5.75 Å². The third-order valence-electron chi connectivity index (χ3n) is 6.82. The Kier molecular flexibility index (Phi) is 7.04. The molecule has 3 aromatic rings. The molecular formula is C28H30ClN3O3. The molecule has 2 aromatic heterocycles. The van der Waals surface area contributed by atoms with E-state index in [1.807, 2.05) is 6.07 Å². The molecule has 0 saturated carbocycles. The number of hydrogen-bond acceptors (Lipinski definition) is 5. The van der Waals surface area contributed by atoms with E-state index in [2.05, 4.69) is 53.0 Å². The zero-order valence-corrected chi connectivity index (χ0v) is 20.8. The number of nitrogens with one attached hydrogen (secondary N) is 1. The van der Waals surface area contributed by atoms with E-state index in [4.69, 9.17) is 21.1 Å². The number of benzene rings is 1. The van der Waals surface area contributed by atoms with Crippen molar-refractivity contribution in [2.75, 3.05) is 13.2 Å². The van der Waals surface area contributed by atoms with Gasteiger partial charge in [-0.25, -0.2) is 0 Å². The van der Waals surface area contributed by atoms with E-state index in [0.717, 1.165) is 49.4 Å². The van der Waals surface area contributed by atoms with Crippen LogP contribution in [0.1, 0.15) is 48.2 Å². The number of hydrogen-bond donors (Lipinski definition) is 1. The number of H-pyrrole nitrogens is 1. The van der Waals surface area contributed by atoms with Gasteiger partial charge in [0.05, 0.1) is 29.5 Å². The molecule has 1 saturated heterocycles. The van der Waals surface area contributed by atoms with Crippen LogP contribution in [0.3, 0.4) is 0 Å². The second-order valence-corrected chi connectivity index (χ2v) is 9.85. The molecule has 1 fully saturated rings. The molecule has 6 nitrogen and oxygen atoms in total. The van der Waals surface area contributed by atoms with Crippen molar-refractivity contribution in [3.05, 3.63) is 92.1 Å². The maximum absolute atomic E-state index is 12.8. The topological polar surface area (TPSA) is 67.5 Å². The van der Waals surface area contributed by atoms with Crippen LogP contribution in [-0.2, 0) is 24.3 Å². The van der Waals surface area contributed by atoms with Crippen LogP contribution in [-0.4, -0.2) is 40.2 Å². The first-order valence-corrected chi connectivity index (χ1v) is 12.5. The molecule has 1 aromatic carbocycles. The predicted octanol–water partition coefficient (Wildman–Crippen LogP) is 5.10. The molecule has 2 atom stereocenters. The van der Waals surface area contributed by atoms with Crippen molar-refractivity contribution in [1.82, 2.24) is 14.9 Å². The van der Waals surface area contributed by atoms with Crippen LogP contribution >= 0.6 is 11.6 Å². The highest BCUT2D eigenvalue weighted by Gasteiger charge is 2.26. The van der Waals surface area contributed by atoms with E-state index in [9.17, 15) is 4.79 Å². The summed E-state index contributed by atoms with van der Waals surface area (Å²) in [7, 11) is 0. The van der Waals surface area contributed by atoms with Crippen LogP contribution in [0.4, 0.5) is 0 Å². The molecule has 0 spiro atoms. The van der Waals surface area contributed by atoms with Gasteiger partial charge in [-0.3, -0.25) is 14.7 Å². The number of aromatic amines is 1. The fourth-order valence-corrected chi connectivity index (χ4v) is 5.04. The Bertz CT molecular complexity index is 1280. The van der Waals surface area contributed by atoms with E-state index < -0.39 is 0 Å². The van der Waals surface area contributed by atoms with Gasteiger partial charge >= 0.3 is 0 Å². The summed E-state index contributed by atoms with van der Waals surface area (Å²) in [6.45, 7) is 7.20. The van der Waals surface area contributed by atoms with Gasteiger partial charge in [0.15, 0.2) is 0 Å². The lowest BCUT2D eigenvalue weighted by Gasteiger charge is -2.38. The molecule has 182 valence electrons. The maximum atomic E-state index is 12.8. The van der Waals surface area contributed by atoms with Crippen molar-refractivity contribution in [1.29, 1.82) is 0 Å². The monoisotopic (exact) mass is 491 g/mol. The molecule has 2 aliphatic rings. The van der Waals surface area contributed by atoms with Crippen LogP contribution in [0.5, 0.6) is 5.75 Å². The van der Waals surface area contributed by atoms with Gasteiger partial charge in [-0.2, -0.15) is 0 Å². The van der Waals surface area contributed by atoms with E-state index in [-0.39, 0.29) is 12.2 Å². The smallest absolute Gasteiger partial charge is 0.259 e. The number of ether oxygens (including phenoxy) is 2. The van der Waals surface area contributed by atoms with Gasteiger partial charge in [0, 0.05) is 31.0 Å². The van der Waals surface area contributed by atoms with Gasteiger partial charge in [-0.15, -0.1) is 0 Å². The number of aryl methyl sites for hydroxylation is 1. The quantitative estimate of drug-likeness (QED) is 0.519. The molecular weight excluding hydrogens is 462 g/mol. The van der Waals surface area contributed by atoms with Crippen molar-refractivity contribution < 1.29 is 9.47 Å². The summed E-state index contributed by atoms with van der Waals surface area (Å²) in [5, 5.41) is 0.578. The summed E-state index contributed by atoms with van der Waals surface area (Å²) in [5.41, 5.74) is 5.98. The zero-order valence-electron chi connectivity index (χ0n) is 20.1. The summed E-state index contributed by atoms with van der Waals surface area (Å²) in [6, 6.07) is 12.9. The van der Waals surface area contributed by atoms with Gasteiger partial charge in [0.1, 0.15) is 12.4 Å². The average Bonchev–Trinajstić information content (AvgIpc) is 2.86. The Morgan fingerprint density at radius 2 is 1.97 bits per heavy atom. The molecule has 0 radical (unpaired) electrons. The number of nitrogens with zero attached hydrogens (tertiary/aromatic N) is 2. The fourth-order valence-electron chi connectivity index (χ4n) is 4.93. The SMILES string of the molecule is C[C@H]1COC[C@H](C)N1Cc1ccc2c(c1)CCC(c1c(OCc3ccc(Cl)cn3)cc[nH]c1=O)=C2. The highest BCUT2D eigenvalue weighted by Crippen LogP contribution is 2.34. The Labute approximate surface area is 210 Å². The lowest BCUT2D eigenvalue weighted by atomic mass is 9.87. The average molecular weight is 492 g/mol. The number of allylic oxidation sites excluding steroid dienone is 1. The molecule has 1 aliphatic heterocycles. The van der Waals surface area contributed by atoms with Crippen LogP contribution < -0.4 is 10.3 Å². The first-order chi connectivity index (χ1) is 17.0. The minimum atomic E-state index is -0.145. The van der Waals surface area contributed by atoms with E-state index >= 15 is 0 Å². The first kappa shape index (κ1) is 23.8. The molecule has 0 bridgehead atoms. The number of morpholine rings is 1. The summed E-state index contributed by atoms with van der Waals surface area (Å²) in [6.07, 6.45) is 7.00. The standard InChI is InChI=1S/C28H30ClN3O3/c1-18-15-34-16-19(2)32(18)14-20-3-4-22-12-23(6-5-21(22)11-20)27-26(9-10-30-28(27)33)35-17-25-8-7-24(29)13-31-25/h3-4,7-13,18-19H,5-6,14-17H2,1-2H3,(H,30,33)/t18-,19-/m0/s1. The number of aromatic nitrogens is 2. The third-order valence-corrected chi connectivity index (χ3v) is 7.05. The molecule has 5 rings (SSSR count). The number of rotatable bonds is 6. The summed E-state index contributed by atoms with van der Waals surface area (Å²) >= 11 is 5.93. The molecule has 1 N–H and O–H groups in total. The zero-order chi connectivity index (χ0) is 24.4. The van der Waals surface area contributed by atoms with E-state index in [1.165, 1.54) is 11.1 Å². The lowest BCUT2D eigenvalue weighted by Crippen LogP contribution is -2.48. The summed E-state index contributed by atoms with van der Waals surface area (Å²) < 4.78 is 11.7. The molecule has 35 heavy (non-hydrogen) atoms. The molecule has 0 unspecified atom stereocenters. The van der Waals surface area contributed by atoms with Crippen LogP contribution in [0.2, 0.25) is 5.02 Å². The lowest BCUT2D eigenvalue weighted by molar-refractivity contribution is -0.0409. The molecule has 0 amide bonds. The van der Waals surface area contributed by atoms with Crippen molar-refractivity contribution >= 4 is 23.3 Å². The van der Waals surface area contributed by atoms with Crippen molar-refractivity contribution in [2.24, 2.45) is 0 Å². The Balaban J connectivity index is 1.37. The molecule has 7 heteroatoms. The predicted molar refractivity (Wildman–Crippen MR) is 139 cm³/mol. The molecule has 3 heterocycles. The van der Waals surface area contributed by atoms with Gasteiger partial charge < -0.3 is 14.5 Å². The minimum Gasteiger partial charge on any atom is -0.486 e. The van der Waals surface area contributed by atoms with Gasteiger partial charge in [-0.1, -0.05) is 35.9 Å². The normalized spacial score (nSPS) is 20.3. The Hall–Kier alpha value is -2.93. The second-order valence-electron chi connectivity index (χ2n) is 9.41. The maximum Gasteiger partial charge on any atom is 0.259 e. The number of halogens is 1. The number of fused-ring (bicyclic) bond motifs is 1. The summed E-state index contributed by atoms with van der Waals surface area (Å²) in [5.74, 6) is 0.562. The van der Waals surface area contributed by atoms with E-state index in [1.54, 1.807) is 24.5 Å².